The van der Waals surface area contributed by atoms with Gasteiger partial charge in [0.05, 0.1) is 11.9 Å². The Morgan fingerprint density at radius 2 is 2.19 bits per heavy atom. The minimum absolute atomic E-state index is 0.282. The van der Waals surface area contributed by atoms with E-state index >= 15 is 0 Å². The Kier molecular flexibility index (Phi) is 2.90. The van der Waals surface area contributed by atoms with E-state index in [0.717, 1.165) is 18.5 Å². The summed E-state index contributed by atoms with van der Waals surface area (Å²) in [5, 5.41) is 3.35. The van der Waals surface area contributed by atoms with Gasteiger partial charge in [-0.2, -0.15) is 0 Å². The highest BCUT2D eigenvalue weighted by Gasteiger charge is 2.19. The molecule has 2 rings (SSSR count). The molecule has 16 heavy (non-hydrogen) atoms. The molecule has 0 bridgehead atoms. The average molecular weight is 240 g/mol. The van der Waals surface area contributed by atoms with Crippen LogP contribution in [0.5, 0.6) is 0 Å². The lowest BCUT2D eigenvalue weighted by Crippen LogP contribution is -2.28. The summed E-state index contributed by atoms with van der Waals surface area (Å²) >= 11 is 0. The molecule has 5 heteroatoms. The Bertz CT molecular complexity index is 497. The molecule has 1 atom stereocenters. The largest absolute Gasteiger partial charge is 0.310 e. The van der Waals surface area contributed by atoms with Crippen molar-refractivity contribution in [2.75, 3.05) is 17.5 Å². The van der Waals surface area contributed by atoms with Crippen molar-refractivity contribution in [3.05, 3.63) is 29.3 Å². The van der Waals surface area contributed by atoms with Crippen LogP contribution in [0.15, 0.2) is 18.2 Å². The van der Waals surface area contributed by atoms with E-state index < -0.39 is 10.0 Å². The molecule has 0 spiro atoms. The summed E-state index contributed by atoms with van der Waals surface area (Å²) in [6.45, 7) is 2.97. The quantitative estimate of drug-likeness (QED) is 0.818. The Balaban J connectivity index is 2.44. The van der Waals surface area contributed by atoms with Gasteiger partial charge < -0.3 is 5.32 Å². The second kappa shape index (κ2) is 4.07. The molecule has 0 amide bonds. The first-order valence-electron chi connectivity index (χ1n) is 5.30. The molecule has 0 unspecified atom stereocenters. The van der Waals surface area contributed by atoms with Crippen molar-refractivity contribution < 1.29 is 8.42 Å². The van der Waals surface area contributed by atoms with E-state index in [0.29, 0.717) is 5.69 Å². The zero-order chi connectivity index (χ0) is 11.8. The maximum atomic E-state index is 11.2. The van der Waals surface area contributed by atoms with Gasteiger partial charge in [-0.05, 0) is 37.1 Å². The van der Waals surface area contributed by atoms with Gasteiger partial charge in [0.25, 0.3) is 0 Å². The monoisotopic (exact) mass is 240 g/mol. The first-order chi connectivity index (χ1) is 7.47. The molecule has 1 heterocycles. The summed E-state index contributed by atoms with van der Waals surface area (Å²) in [4.78, 5) is 0. The van der Waals surface area contributed by atoms with Crippen LogP contribution in [0, 0.1) is 0 Å². The maximum Gasteiger partial charge on any atom is 0.229 e. The Morgan fingerprint density at radius 1 is 1.44 bits per heavy atom. The standard InChI is InChI=1S/C11H16N2O2S/c1-8-9-4-3-5-11(13-16(2,14)15)10(9)6-7-12-8/h3-5,8,12-13H,6-7H2,1-2H3/t8-/m0/s1. The van der Waals surface area contributed by atoms with Crippen LogP contribution in [-0.4, -0.2) is 21.2 Å². The van der Waals surface area contributed by atoms with E-state index in [-0.39, 0.29) is 6.04 Å². The van der Waals surface area contributed by atoms with Gasteiger partial charge in [-0.25, -0.2) is 8.42 Å². The molecule has 1 aliphatic heterocycles. The lowest BCUT2D eigenvalue weighted by Gasteiger charge is -2.26. The molecule has 4 nitrogen and oxygen atoms in total. The van der Waals surface area contributed by atoms with Crippen molar-refractivity contribution >= 4 is 15.7 Å². The lowest BCUT2D eigenvalue weighted by atomic mass is 9.94. The number of sulfonamides is 1. The van der Waals surface area contributed by atoms with Crippen LogP contribution in [0.25, 0.3) is 0 Å². The molecular weight excluding hydrogens is 224 g/mol. The smallest absolute Gasteiger partial charge is 0.229 e. The molecule has 2 N–H and O–H groups in total. The number of rotatable bonds is 2. The summed E-state index contributed by atoms with van der Waals surface area (Å²) in [5.41, 5.74) is 3.01. The summed E-state index contributed by atoms with van der Waals surface area (Å²) in [6.07, 6.45) is 2.04. The van der Waals surface area contributed by atoms with Crippen LogP contribution in [0.3, 0.4) is 0 Å². The van der Waals surface area contributed by atoms with Gasteiger partial charge >= 0.3 is 0 Å². The van der Waals surface area contributed by atoms with Gasteiger partial charge in [0.15, 0.2) is 0 Å². The zero-order valence-electron chi connectivity index (χ0n) is 9.45. The van der Waals surface area contributed by atoms with Gasteiger partial charge in [0.1, 0.15) is 0 Å². The summed E-state index contributed by atoms with van der Waals surface area (Å²) in [7, 11) is -3.20. The second-order valence-electron chi connectivity index (χ2n) is 4.17. The van der Waals surface area contributed by atoms with Crippen LogP contribution in [0.2, 0.25) is 0 Å². The molecule has 88 valence electrons. The molecule has 1 aromatic rings. The molecule has 0 fully saturated rings. The van der Waals surface area contributed by atoms with Crippen molar-refractivity contribution in [1.29, 1.82) is 0 Å². The normalized spacial score (nSPS) is 20.2. The predicted octanol–water partition coefficient (Wildman–Crippen LogP) is 1.26. The fraction of sp³-hybridized carbons (Fsp3) is 0.455. The number of fused-ring (bicyclic) bond motifs is 1. The van der Waals surface area contributed by atoms with Gasteiger partial charge in [0.2, 0.25) is 10.0 Å². The molecule has 1 aliphatic rings. The average Bonchev–Trinajstić information content (AvgIpc) is 2.17. The van der Waals surface area contributed by atoms with E-state index in [4.69, 9.17) is 0 Å². The van der Waals surface area contributed by atoms with E-state index in [1.807, 2.05) is 18.2 Å². The van der Waals surface area contributed by atoms with Gasteiger partial charge in [-0.3, -0.25) is 4.72 Å². The van der Waals surface area contributed by atoms with Crippen molar-refractivity contribution in [3.63, 3.8) is 0 Å². The molecule has 0 radical (unpaired) electrons. The molecular formula is C11H16N2O2S. The number of hydrogen-bond acceptors (Lipinski definition) is 3. The van der Waals surface area contributed by atoms with Crippen LogP contribution < -0.4 is 10.0 Å². The minimum Gasteiger partial charge on any atom is -0.310 e. The highest BCUT2D eigenvalue weighted by Crippen LogP contribution is 2.28. The summed E-state index contributed by atoms with van der Waals surface area (Å²) in [5.74, 6) is 0. The second-order valence-corrected chi connectivity index (χ2v) is 5.92. The van der Waals surface area contributed by atoms with Gasteiger partial charge in [-0.15, -0.1) is 0 Å². The maximum absolute atomic E-state index is 11.2. The van der Waals surface area contributed by atoms with E-state index in [9.17, 15) is 8.42 Å². The topological polar surface area (TPSA) is 58.2 Å². The van der Waals surface area contributed by atoms with Crippen LogP contribution >= 0.6 is 0 Å². The highest BCUT2D eigenvalue weighted by atomic mass is 32.2. The molecule has 0 saturated carbocycles. The minimum atomic E-state index is -3.20. The first kappa shape index (κ1) is 11.4. The number of nitrogens with one attached hydrogen (secondary N) is 2. The highest BCUT2D eigenvalue weighted by molar-refractivity contribution is 7.92. The Hall–Kier alpha value is -1.07. The third-order valence-corrected chi connectivity index (χ3v) is 3.39. The van der Waals surface area contributed by atoms with Gasteiger partial charge in [-0.1, -0.05) is 12.1 Å². The molecule has 0 aromatic heterocycles. The predicted molar refractivity (Wildman–Crippen MR) is 65.0 cm³/mol. The Labute approximate surface area is 96.1 Å². The van der Waals surface area contributed by atoms with Crippen molar-refractivity contribution in [1.82, 2.24) is 5.32 Å². The third kappa shape index (κ3) is 2.36. The Morgan fingerprint density at radius 3 is 2.88 bits per heavy atom. The first-order valence-corrected chi connectivity index (χ1v) is 7.19. The molecule has 0 aliphatic carbocycles. The van der Waals surface area contributed by atoms with Crippen LogP contribution in [-0.2, 0) is 16.4 Å². The van der Waals surface area contributed by atoms with Crippen LogP contribution in [0.1, 0.15) is 24.1 Å². The van der Waals surface area contributed by atoms with Crippen molar-refractivity contribution in [2.45, 2.75) is 19.4 Å². The fourth-order valence-corrected chi connectivity index (χ4v) is 2.70. The fourth-order valence-electron chi connectivity index (χ4n) is 2.11. The number of benzene rings is 1. The lowest BCUT2D eigenvalue weighted by molar-refractivity contribution is 0.541. The van der Waals surface area contributed by atoms with E-state index in [1.54, 1.807) is 0 Å². The summed E-state index contributed by atoms with van der Waals surface area (Å²) in [6, 6.07) is 6.03. The SMILES string of the molecule is C[C@@H]1NCCc2c(NS(C)(=O)=O)cccc21. The number of hydrogen-bond donors (Lipinski definition) is 2. The zero-order valence-corrected chi connectivity index (χ0v) is 10.3. The van der Waals surface area contributed by atoms with Crippen molar-refractivity contribution in [2.24, 2.45) is 0 Å². The van der Waals surface area contributed by atoms with E-state index in [1.165, 1.54) is 11.8 Å². The van der Waals surface area contributed by atoms with Crippen molar-refractivity contribution in [3.8, 4) is 0 Å². The van der Waals surface area contributed by atoms with E-state index in [2.05, 4.69) is 17.0 Å². The van der Waals surface area contributed by atoms with Crippen LogP contribution in [0.4, 0.5) is 5.69 Å². The van der Waals surface area contributed by atoms with Gasteiger partial charge in [0, 0.05) is 6.04 Å². The summed E-state index contributed by atoms with van der Waals surface area (Å²) < 4.78 is 25.1. The number of anilines is 1. The third-order valence-electron chi connectivity index (χ3n) is 2.80. The molecule has 1 aromatic carbocycles. The molecule has 0 saturated heterocycles.